The van der Waals surface area contributed by atoms with Gasteiger partial charge in [0.15, 0.2) is 9.84 Å². The van der Waals surface area contributed by atoms with Gasteiger partial charge in [0.25, 0.3) is 5.91 Å². The summed E-state index contributed by atoms with van der Waals surface area (Å²) in [5.74, 6) is -1.29. The summed E-state index contributed by atoms with van der Waals surface area (Å²) in [6, 6.07) is 10.9. The zero-order chi connectivity index (χ0) is 19.5. The molecule has 0 heterocycles. The first-order valence-electron chi connectivity index (χ1n) is 8.04. The van der Waals surface area contributed by atoms with Crippen molar-refractivity contribution < 1.29 is 23.1 Å². The van der Waals surface area contributed by atoms with Crippen LogP contribution in [0.15, 0.2) is 47.4 Å². The number of carboxylic acid groups (broad SMARTS) is 1. The van der Waals surface area contributed by atoms with Crippen LogP contribution in [0.2, 0.25) is 0 Å². The van der Waals surface area contributed by atoms with Gasteiger partial charge in [-0.05, 0) is 41.8 Å². The summed E-state index contributed by atoms with van der Waals surface area (Å²) in [6.45, 7) is 2.18. The number of sulfone groups is 1. The second-order valence-electron chi connectivity index (χ2n) is 6.11. The zero-order valence-electron chi connectivity index (χ0n) is 14.9. The lowest BCUT2D eigenvalue weighted by molar-refractivity contribution is 0.0695. The van der Waals surface area contributed by atoms with Gasteiger partial charge in [-0.25, -0.2) is 13.2 Å². The molecule has 26 heavy (non-hydrogen) atoms. The quantitative estimate of drug-likeness (QED) is 0.838. The second-order valence-corrected chi connectivity index (χ2v) is 8.12. The van der Waals surface area contributed by atoms with Gasteiger partial charge in [-0.2, -0.15) is 0 Å². The van der Waals surface area contributed by atoms with Crippen molar-refractivity contribution in [2.75, 3.05) is 13.3 Å². The van der Waals surface area contributed by atoms with Crippen LogP contribution in [-0.4, -0.2) is 43.6 Å². The van der Waals surface area contributed by atoms with E-state index in [2.05, 4.69) is 0 Å². The number of rotatable bonds is 6. The van der Waals surface area contributed by atoms with Gasteiger partial charge in [0, 0.05) is 25.4 Å². The highest BCUT2D eigenvalue weighted by Crippen LogP contribution is 2.19. The maximum absolute atomic E-state index is 12.8. The Morgan fingerprint density at radius 2 is 1.69 bits per heavy atom. The number of carbonyl (C=O) groups is 2. The van der Waals surface area contributed by atoms with Gasteiger partial charge in [0.2, 0.25) is 0 Å². The summed E-state index contributed by atoms with van der Waals surface area (Å²) in [5.41, 5.74) is 2.09. The van der Waals surface area contributed by atoms with Crippen LogP contribution in [0.4, 0.5) is 0 Å². The molecule has 1 amide bonds. The number of aryl methyl sites for hydroxylation is 1. The van der Waals surface area contributed by atoms with Crippen LogP contribution in [0.3, 0.4) is 0 Å². The molecule has 2 aromatic rings. The normalized spacial score (nSPS) is 11.2. The minimum absolute atomic E-state index is 0.109. The number of hydrogen-bond acceptors (Lipinski definition) is 4. The average Bonchev–Trinajstić information content (AvgIpc) is 2.60. The van der Waals surface area contributed by atoms with Crippen LogP contribution in [-0.2, 0) is 22.8 Å². The van der Waals surface area contributed by atoms with Gasteiger partial charge in [-0.15, -0.1) is 0 Å². The van der Waals surface area contributed by atoms with E-state index in [1.807, 2.05) is 6.92 Å². The number of benzene rings is 2. The van der Waals surface area contributed by atoms with E-state index in [4.69, 9.17) is 5.11 Å². The smallest absolute Gasteiger partial charge is 0.335 e. The first-order chi connectivity index (χ1) is 12.1. The molecule has 7 heteroatoms. The van der Waals surface area contributed by atoms with Crippen molar-refractivity contribution in [2.45, 2.75) is 24.8 Å². The Kier molecular flexibility index (Phi) is 5.82. The molecule has 2 aromatic carbocycles. The van der Waals surface area contributed by atoms with E-state index in [0.29, 0.717) is 12.0 Å². The van der Waals surface area contributed by atoms with Gasteiger partial charge < -0.3 is 10.0 Å². The van der Waals surface area contributed by atoms with E-state index in [1.54, 1.807) is 25.2 Å². The van der Waals surface area contributed by atoms with E-state index >= 15 is 0 Å². The minimum Gasteiger partial charge on any atom is -0.478 e. The molecule has 1 N–H and O–H groups in total. The van der Waals surface area contributed by atoms with Crippen LogP contribution in [0.5, 0.6) is 0 Å². The molecule has 0 radical (unpaired) electrons. The SMILES string of the molecule is CCc1ccc(S(C)(=O)=O)cc1C(=O)N(C)Cc1ccc(C(=O)O)cc1. The molecule has 0 spiro atoms. The number of nitrogens with zero attached hydrogens (tertiary/aromatic N) is 1. The topological polar surface area (TPSA) is 91.8 Å². The van der Waals surface area contributed by atoms with Crippen molar-refractivity contribution in [3.63, 3.8) is 0 Å². The van der Waals surface area contributed by atoms with E-state index in [1.165, 1.54) is 29.2 Å². The molecule has 6 nitrogen and oxygen atoms in total. The predicted molar refractivity (Wildman–Crippen MR) is 98.1 cm³/mol. The molecule has 0 saturated carbocycles. The Balaban J connectivity index is 2.28. The van der Waals surface area contributed by atoms with Gasteiger partial charge >= 0.3 is 5.97 Å². The van der Waals surface area contributed by atoms with Crippen molar-refractivity contribution in [1.29, 1.82) is 0 Å². The third-order valence-corrected chi connectivity index (χ3v) is 5.20. The number of amides is 1. The molecule has 0 aliphatic carbocycles. The maximum atomic E-state index is 12.8. The first-order valence-corrected chi connectivity index (χ1v) is 9.93. The van der Waals surface area contributed by atoms with Crippen LogP contribution < -0.4 is 0 Å². The standard InChI is InChI=1S/C19H21NO5S/c1-4-14-9-10-16(26(3,24)25)11-17(14)18(21)20(2)12-13-5-7-15(8-6-13)19(22)23/h5-11H,4,12H2,1-3H3,(H,22,23). The molecule has 0 bridgehead atoms. The Morgan fingerprint density at radius 1 is 1.08 bits per heavy atom. The van der Waals surface area contributed by atoms with Crippen LogP contribution in [0, 0.1) is 0 Å². The lowest BCUT2D eigenvalue weighted by atomic mass is 10.0. The van der Waals surface area contributed by atoms with Crippen LogP contribution >= 0.6 is 0 Å². The van der Waals surface area contributed by atoms with E-state index in [-0.39, 0.29) is 22.9 Å². The van der Waals surface area contributed by atoms with Gasteiger partial charge in [0.05, 0.1) is 10.5 Å². The fraction of sp³-hybridized carbons (Fsp3) is 0.263. The Hall–Kier alpha value is -2.67. The van der Waals surface area contributed by atoms with Crippen molar-refractivity contribution in [3.05, 3.63) is 64.7 Å². The lowest BCUT2D eigenvalue weighted by Crippen LogP contribution is -2.27. The molecule has 0 aliphatic rings. The summed E-state index contributed by atoms with van der Waals surface area (Å²) in [4.78, 5) is 25.3. The largest absolute Gasteiger partial charge is 0.478 e. The Morgan fingerprint density at radius 3 is 2.19 bits per heavy atom. The lowest BCUT2D eigenvalue weighted by Gasteiger charge is -2.19. The molecule has 0 aliphatic heterocycles. The van der Waals surface area contributed by atoms with Crippen LogP contribution in [0.1, 0.15) is 38.8 Å². The van der Waals surface area contributed by atoms with E-state index in [0.717, 1.165) is 17.4 Å². The molecule has 0 atom stereocenters. The molecule has 0 aromatic heterocycles. The molecule has 0 fully saturated rings. The third-order valence-electron chi connectivity index (χ3n) is 4.09. The fourth-order valence-corrected chi connectivity index (χ4v) is 3.24. The van der Waals surface area contributed by atoms with Crippen molar-refractivity contribution in [3.8, 4) is 0 Å². The maximum Gasteiger partial charge on any atom is 0.335 e. The monoisotopic (exact) mass is 375 g/mol. The second kappa shape index (κ2) is 7.70. The molecular weight excluding hydrogens is 354 g/mol. The van der Waals surface area contributed by atoms with E-state index < -0.39 is 15.8 Å². The molecule has 138 valence electrons. The predicted octanol–water partition coefficient (Wildman–Crippen LogP) is 2.62. The Labute approximate surface area is 153 Å². The van der Waals surface area contributed by atoms with Crippen LogP contribution in [0.25, 0.3) is 0 Å². The number of carboxylic acids is 1. The summed E-state index contributed by atoms with van der Waals surface area (Å²) in [7, 11) is -1.78. The third kappa shape index (κ3) is 4.49. The molecular formula is C19H21NO5S. The zero-order valence-corrected chi connectivity index (χ0v) is 15.7. The minimum atomic E-state index is -3.41. The van der Waals surface area contributed by atoms with Crippen molar-refractivity contribution in [2.24, 2.45) is 0 Å². The number of hydrogen-bond donors (Lipinski definition) is 1. The number of carbonyl (C=O) groups excluding carboxylic acids is 1. The fourth-order valence-electron chi connectivity index (χ4n) is 2.60. The van der Waals surface area contributed by atoms with Gasteiger partial charge in [-0.1, -0.05) is 25.1 Å². The van der Waals surface area contributed by atoms with Crippen molar-refractivity contribution in [1.82, 2.24) is 4.90 Å². The van der Waals surface area contributed by atoms with Gasteiger partial charge in [-0.3, -0.25) is 4.79 Å². The average molecular weight is 375 g/mol. The highest BCUT2D eigenvalue weighted by atomic mass is 32.2. The Bertz CT molecular complexity index is 933. The molecule has 2 rings (SSSR count). The number of aromatic carboxylic acids is 1. The van der Waals surface area contributed by atoms with E-state index in [9.17, 15) is 18.0 Å². The first kappa shape index (κ1) is 19.7. The summed E-state index contributed by atoms with van der Waals surface area (Å²) < 4.78 is 23.6. The summed E-state index contributed by atoms with van der Waals surface area (Å²) in [5, 5.41) is 8.93. The van der Waals surface area contributed by atoms with Crippen molar-refractivity contribution >= 4 is 21.7 Å². The summed E-state index contributed by atoms with van der Waals surface area (Å²) in [6.07, 6.45) is 1.71. The molecule has 0 saturated heterocycles. The highest BCUT2D eigenvalue weighted by molar-refractivity contribution is 7.90. The highest BCUT2D eigenvalue weighted by Gasteiger charge is 2.19. The summed E-state index contributed by atoms with van der Waals surface area (Å²) >= 11 is 0. The van der Waals surface area contributed by atoms with Gasteiger partial charge in [0.1, 0.15) is 0 Å². The molecule has 0 unspecified atom stereocenters.